The summed E-state index contributed by atoms with van der Waals surface area (Å²) in [6.07, 6.45) is 12.9. The Morgan fingerprint density at radius 1 is 1.08 bits per heavy atom. The van der Waals surface area contributed by atoms with Crippen molar-refractivity contribution in [3.8, 4) is 0 Å². The molecule has 3 nitrogen and oxygen atoms in total. The van der Waals surface area contributed by atoms with E-state index in [4.69, 9.17) is 9.15 Å². The second kappa shape index (κ2) is 10.4. The number of hydrogen-bond donors (Lipinski definition) is 0. The lowest BCUT2D eigenvalue weighted by Crippen LogP contribution is -2.12. The van der Waals surface area contributed by atoms with Crippen molar-refractivity contribution in [2.75, 3.05) is 6.61 Å². The average Bonchev–Trinajstić information content (AvgIpc) is 3.31. The van der Waals surface area contributed by atoms with Crippen molar-refractivity contribution in [2.45, 2.75) is 40.0 Å². The lowest BCUT2D eigenvalue weighted by atomic mass is 9.85. The van der Waals surface area contributed by atoms with E-state index in [1.807, 2.05) is 25.1 Å². The molecule has 0 N–H and O–H groups in total. The Kier molecular flexibility index (Phi) is 6.90. The average molecular weight is 477 g/mol. The molecule has 1 unspecified atom stereocenters. The van der Waals surface area contributed by atoms with Gasteiger partial charge in [0, 0.05) is 5.57 Å². The molecule has 5 rings (SSSR count). The Balaban J connectivity index is 1.56. The van der Waals surface area contributed by atoms with Crippen molar-refractivity contribution < 1.29 is 13.9 Å². The van der Waals surface area contributed by atoms with Crippen LogP contribution < -0.4 is 0 Å². The van der Waals surface area contributed by atoms with Crippen molar-refractivity contribution in [2.24, 2.45) is 5.92 Å². The van der Waals surface area contributed by atoms with Crippen LogP contribution in [-0.4, -0.2) is 12.6 Å². The molecule has 182 valence electrons. The first-order valence-corrected chi connectivity index (χ1v) is 12.7. The molecule has 1 heterocycles. The first kappa shape index (κ1) is 23.9. The lowest BCUT2D eigenvalue weighted by molar-refractivity contribution is -0.138. The smallest absolute Gasteiger partial charge is 0.338 e. The second-order valence-electron chi connectivity index (χ2n) is 9.50. The minimum atomic E-state index is -0.285. The van der Waals surface area contributed by atoms with E-state index >= 15 is 0 Å². The van der Waals surface area contributed by atoms with Gasteiger partial charge < -0.3 is 9.15 Å². The van der Waals surface area contributed by atoms with Crippen LogP contribution in [0.2, 0.25) is 0 Å². The van der Waals surface area contributed by atoms with Gasteiger partial charge in [-0.05, 0) is 97.2 Å². The summed E-state index contributed by atoms with van der Waals surface area (Å²) in [6.45, 7) is 6.41. The molecule has 0 spiro atoms. The summed E-state index contributed by atoms with van der Waals surface area (Å²) >= 11 is 0. The Labute approximate surface area is 213 Å². The maximum Gasteiger partial charge on any atom is 0.338 e. The Bertz CT molecular complexity index is 1440. The fourth-order valence-corrected chi connectivity index (χ4v) is 5.49. The third-order valence-electron chi connectivity index (χ3n) is 7.16. The molecule has 0 saturated carbocycles. The van der Waals surface area contributed by atoms with Crippen molar-refractivity contribution in [3.05, 3.63) is 124 Å². The molecule has 0 fully saturated rings. The molecule has 1 atom stereocenters. The zero-order valence-electron chi connectivity index (χ0n) is 21.2. The summed E-state index contributed by atoms with van der Waals surface area (Å²) < 4.78 is 11.2. The maximum atomic E-state index is 13.2. The summed E-state index contributed by atoms with van der Waals surface area (Å²) in [5, 5.41) is 2.53. The van der Waals surface area contributed by atoms with Crippen LogP contribution in [0.5, 0.6) is 0 Å². The van der Waals surface area contributed by atoms with Gasteiger partial charge in [0.05, 0.1) is 18.4 Å². The molecule has 36 heavy (non-hydrogen) atoms. The van der Waals surface area contributed by atoms with E-state index in [-0.39, 0.29) is 5.97 Å². The van der Waals surface area contributed by atoms with Crippen LogP contribution in [-0.2, 0) is 16.0 Å². The van der Waals surface area contributed by atoms with E-state index in [0.29, 0.717) is 18.1 Å². The van der Waals surface area contributed by atoms with Gasteiger partial charge in [-0.2, -0.15) is 0 Å². The first-order valence-electron chi connectivity index (χ1n) is 12.7. The molecule has 0 aliphatic heterocycles. The number of carbonyl (C=O) groups excluding carboxylic acids is 1. The van der Waals surface area contributed by atoms with Gasteiger partial charge in [0.25, 0.3) is 0 Å². The predicted octanol–water partition coefficient (Wildman–Crippen LogP) is 8.16. The van der Waals surface area contributed by atoms with E-state index in [1.165, 1.54) is 27.5 Å². The second-order valence-corrected chi connectivity index (χ2v) is 9.50. The highest BCUT2D eigenvalue weighted by Gasteiger charge is 2.29. The normalized spacial score (nSPS) is 19.2. The minimum absolute atomic E-state index is 0.285. The number of benzene rings is 2. The molecule has 0 bridgehead atoms. The number of rotatable bonds is 5. The topological polar surface area (TPSA) is 39.4 Å². The van der Waals surface area contributed by atoms with Crippen LogP contribution in [0, 0.1) is 5.92 Å². The van der Waals surface area contributed by atoms with Crippen LogP contribution in [0.4, 0.5) is 0 Å². The van der Waals surface area contributed by atoms with Crippen LogP contribution in [0.15, 0.2) is 117 Å². The number of allylic oxidation sites excluding steroid dienone is 8. The van der Waals surface area contributed by atoms with Gasteiger partial charge in [0.1, 0.15) is 5.76 Å². The van der Waals surface area contributed by atoms with E-state index < -0.39 is 0 Å². The summed E-state index contributed by atoms with van der Waals surface area (Å²) in [4.78, 5) is 13.2. The summed E-state index contributed by atoms with van der Waals surface area (Å²) in [6, 6.07) is 19.1. The predicted molar refractivity (Wildman–Crippen MR) is 146 cm³/mol. The fraction of sp³-hybridized carbons (Fsp3) is 0.242. The largest absolute Gasteiger partial charge is 0.464 e. The Morgan fingerprint density at radius 3 is 2.67 bits per heavy atom. The van der Waals surface area contributed by atoms with E-state index in [2.05, 4.69) is 74.5 Å². The van der Waals surface area contributed by atoms with Gasteiger partial charge in [-0.25, -0.2) is 4.79 Å². The van der Waals surface area contributed by atoms with Crippen LogP contribution in [0.1, 0.15) is 44.9 Å². The standard InChI is InChI=1S/C33H32O3/c1-4-24-17-22(3)32-28(20-29(24)19-23-12-13-25-9-6-7-10-26(25)18-23)15-14-27(31-11-8-16-36-31)21-30(32)33(34)35-5-2/h4,6-14,16-18,21,29H,5,15,19-20H2,1-3H3. The van der Waals surface area contributed by atoms with Crippen LogP contribution in [0.3, 0.4) is 0 Å². The molecule has 0 amide bonds. The molecule has 0 radical (unpaired) electrons. The van der Waals surface area contributed by atoms with Crippen molar-refractivity contribution in [3.63, 3.8) is 0 Å². The zero-order chi connectivity index (χ0) is 25.1. The van der Waals surface area contributed by atoms with Crippen molar-refractivity contribution >= 4 is 22.3 Å². The summed E-state index contributed by atoms with van der Waals surface area (Å²) in [5.41, 5.74) is 7.57. The molecule has 1 aromatic heterocycles. The van der Waals surface area contributed by atoms with Gasteiger partial charge in [0.2, 0.25) is 0 Å². The first-order chi connectivity index (χ1) is 17.6. The number of furan rings is 1. The summed E-state index contributed by atoms with van der Waals surface area (Å²) in [5.74, 6) is 0.797. The van der Waals surface area contributed by atoms with Crippen LogP contribution >= 0.6 is 0 Å². The summed E-state index contributed by atoms with van der Waals surface area (Å²) in [7, 11) is 0. The Morgan fingerprint density at radius 2 is 1.92 bits per heavy atom. The van der Waals surface area contributed by atoms with Gasteiger partial charge in [-0.15, -0.1) is 0 Å². The van der Waals surface area contributed by atoms with Crippen molar-refractivity contribution in [1.82, 2.24) is 0 Å². The van der Waals surface area contributed by atoms with Gasteiger partial charge >= 0.3 is 5.97 Å². The molecular weight excluding hydrogens is 444 g/mol. The number of carbonyl (C=O) groups is 1. The van der Waals surface area contributed by atoms with Crippen LogP contribution in [0.25, 0.3) is 16.3 Å². The molecular formula is C33H32O3. The maximum absolute atomic E-state index is 13.2. The molecule has 0 saturated heterocycles. The third-order valence-corrected chi connectivity index (χ3v) is 7.16. The van der Waals surface area contributed by atoms with Gasteiger partial charge in [0.15, 0.2) is 0 Å². The fourth-order valence-electron chi connectivity index (χ4n) is 5.49. The highest BCUT2D eigenvalue weighted by Crippen LogP contribution is 2.41. The minimum Gasteiger partial charge on any atom is -0.464 e. The highest BCUT2D eigenvalue weighted by atomic mass is 16.5. The van der Waals surface area contributed by atoms with Gasteiger partial charge in [-0.3, -0.25) is 0 Å². The zero-order valence-corrected chi connectivity index (χ0v) is 21.2. The lowest BCUT2D eigenvalue weighted by Gasteiger charge is -2.20. The number of ether oxygens (including phenoxy) is 1. The Hall–Kier alpha value is -3.85. The molecule has 2 aliphatic rings. The number of hydrogen-bond acceptors (Lipinski definition) is 3. The molecule has 3 aromatic rings. The van der Waals surface area contributed by atoms with Gasteiger partial charge in [-0.1, -0.05) is 66.3 Å². The number of fused-ring (bicyclic) bond motifs is 1. The van der Waals surface area contributed by atoms with E-state index in [9.17, 15) is 4.79 Å². The highest BCUT2D eigenvalue weighted by molar-refractivity contribution is 5.99. The molecule has 2 aliphatic carbocycles. The third kappa shape index (κ3) is 4.79. The quantitative estimate of drug-likeness (QED) is 0.349. The molecule has 2 aromatic carbocycles. The van der Waals surface area contributed by atoms with Crippen molar-refractivity contribution in [1.29, 1.82) is 0 Å². The molecule has 3 heteroatoms. The monoisotopic (exact) mass is 476 g/mol. The SMILES string of the molecule is CC=C1C=C(C)C2=C(CC=C(c3ccco3)C=C2C(=O)OCC)CC1Cc1ccc2ccccc2c1. The van der Waals surface area contributed by atoms with E-state index in [1.54, 1.807) is 6.26 Å². The number of esters is 1. The van der Waals surface area contributed by atoms with E-state index in [0.717, 1.165) is 41.7 Å².